The van der Waals surface area contributed by atoms with Crippen LogP contribution >= 0.6 is 38.4 Å². The number of benzene rings is 1. The van der Waals surface area contributed by atoms with Crippen molar-refractivity contribution in [2.24, 2.45) is 5.73 Å². The Morgan fingerprint density at radius 3 is 2.00 bits per heavy atom. The summed E-state index contributed by atoms with van der Waals surface area (Å²) in [6, 6.07) is 5.16. The van der Waals surface area contributed by atoms with Gasteiger partial charge in [-0.2, -0.15) is 0 Å². The highest BCUT2D eigenvalue weighted by Crippen LogP contribution is 2.69. The molecule has 1 aromatic carbocycles. The van der Waals surface area contributed by atoms with Gasteiger partial charge in [0.05, 0.1) is 6.04 Å². The SMILES string of the molecule is C[C@@H](C(=O)N1CCN(CCCC(O)(P(=O)(O)O)P(=O)(O)O)CC1)N(C=O)C(=O)[C@@H](N)Cc1ccc(N(CCCl)CCCl)cc1. The molecule has 1 aliphatic heterocycles. The van der Waals surface area contributed by atoms with E-state index in [9.17, 15) is 48.2 Å². The molecule has 0 bridgehead atoms. The van der Waals surface area contributed by atoms with Gasteiger partial charge in [0.15, 0.2) is 0 Å². The van der Waals surface area contributed by atoms with E-state index in [1.54, 1.807) is 4.90 Å². The Morgan fingerprint density at radius 1 is 1.02 bits per heavy atom. The monoisotopic (exact) mass is 703 g/mol. The molecule has 1 fully saturated rings. The molecule has 1 heterocycles. The summed E-state index contributed by atoms with van der Waals surface area (Å²) in [7, 11) is -11.1. The number of hydrogen-bond donors (Lipinski definition) is 6. The second-order valence-corrected chi connectivity index (χ2v) is 15.3. The summed E-state index contributed by atoms with van der Waals surface area (Å²) in [5.41, 5.74) is 7.81. The van der Waals surface area contributed by atoms with Gasteiger partial charge >= 0.3 is 15.2 Å². The number of aliphatic hydroxyl groups is 1. The predicted octanol–water partition coefficient (Wildman–Crippen LogP) is 0.140. The van der Waals surface area contributed by atoms with E-state index in [4.69, 9.17) is 28.9 Å². The number of halogens is 2. The molecule has 1 aromatic rings. The lowest BCUT2D eigenvalue weighted by Gasteiger charge is -2.37. The molecule has 0 aliphatic carbocycles. The van der Waals surface area contributed by atoms with Crippen molar-refractivity contribution in [3.8, 4) is 0 Å². The van der Waals surface area contributed by atoms with Crippen LogP contribution in [0.4, 0.5) is 5.69 Å². The molecule has 7 N–H and O–H groups in total. The van der Waals surface area contributed by atoms with Crippen LogP contribution in [0.5, 0.6) is 0 Å². The fourth-order valence-electron chi connectivity index (χ4n) is 4.86. The third-order valence-corrected chi connectivity index (χ3v) is 11.7. The number of imide groups is 1. The van der Waals surface area contributed by atoms with E-state index in [-0.39, 0.29) is 38.9 Å². The second kappa shape index (κ2) is 16.8. The van der Waals surface area contributed by atoms with Crippen LogP contribution in [0.15, 0.2) is 24.3 Å². The Kier molecular flexibility index (Phi) is 14.7. The highest BCUT2D eigenvalue weighted by molar-refractivity contribution is 7.72. The van der Waals surface area contributed by atoms with Crippen molar-refractivity contribution in [3.63, 3.8) is 0 Å². The van der Waals surface area contributed by atoms with Gasteiger partial charge in [-0.3, -0.25) is 33.3 Å². The fourth-order valence-corrected chi connectivity index (χ4v) is 7.52. The fraction of sp³-hybridized carbons (Fsp3) is 0.640. The van der Waals surface area contributed by atoms with E-state index in [1.807, 2.05) is 29.2 Å². The number of nitrogens with two attached hydrogens (primary N) is 1. The van der Waals surface area contributed by atoms with Crippen LogP contribution in [0, 0.1) is 0 Å². The van der Waals surface area contributed by atoms with E-state index in [0.717, 1.165) is 16.2 Å². The van der Waals surface area contributed by atoms with Gasteiger partial charge in [0.2, 0.25) is 18.2 Å². The smallest absolute Gasteiger partial charge is 0.369 e. The molecular weight excluding hydrogens is 663 g/mol. The van der Waals surface area contributed by atoms with Gasteiger partial charge in [-0.25, -0.2) is 0 Å². The molecule has 250 valence electrons. The Hall–Kier alpha value is -1.61. The number of hydrogen-bond acceptors (Lipinski definition) is 9. The summed E-state index contributed by atoms with van der Waals surface area (Å²) in [5, 5.41) is 6.55. The number of amides is 3. The molecule has 1 aliphatic rings. The molecule has 1 saturated heterocycles. The van der Waals surface area contributed by atoms with Crippen molar-refractivity contribution in [1.29, 1.82) is 0 Å². The van der Waals surface area contributed by atoms with Gasteiger partial charge in [-0.05, 0) is 44.0 Å². The molecule has 0 radical (unpaired) electrons. The zero-order valence-corrected chi connectivity index (χ0v) is 27.6. The average Bonchev–Trinajstić information content (AvgIpc) is 2.96. The number of anilines is 1. The molecule has 0 spiro atoms. The normalized spacial score (nSPS) is 16.3. The maximum absolute atomic E-state index is 13.1. The molecule has 0 aromatic heterocycles. The summed E-state index contributed by atoms with van der Waals surface area (Å²) < 4.78 is 23.0. The molecule has 2 atom stereocenters. The van der Waals surface area contributed by atoms with Gasteiger partial charge < -0.3 is 40.2 Å². The van der Waals surface area contributed by atoms with Gasteiger partial charge in [0.1, 0.15) is 6.04 Å². The number of piperazine rings is 1. The summed E-state index contributed by atoms with van der Waals surface area (Å²) in [6.07, 6.45) is -0.556. The number of carbonyl (C=O) groups is 3. The van der Waals surface area contributed by atoms with Gasteiger partial charge in [0.25, 0.3) is 5.08 Å². The highest BCUT2D eigenvalue weighted by Gasteiger charge is 2.58. The number of carbonyl (C=O) groups excluding carboxylic acids is 3. The standard InChI is InChI=1S/C25H41Cl2N5O10P2/c1-19(23(34)31-15-13-29(14-16-31)10-2-7-25(36,43(37,38)39)44(40,41)42)32(18-33)24(35)22(28)17-20-3-5-21(6-4-20)30(11-8-26)12-9-27/h3-6,18-19,22,36H,2,7-17,28H2,1H3,(H2,37,38,39)(H2,40,41,42)/t19-,22-/m0/s1. The third-order valence-electron chi connectivity index (χ3n) is 7.53. The molecule has 3 amide bonds. The van der Waals surface area contributed by atoms with Crippen LogP contribution in [0.3, 0.4) is 0 Å². The molecule has 44 heavy (non-hydrogen) atoms. The molecular formula is C25H41Cl2N5O10P2. The maximum Gasteiger partial charge on any atom is 0.369 e. The molecule has 19 heteroatoms. The van der Waals surface area contributed by atoms with Crippen molar-refractivity contribution in [3.05, 3.63) is 29.8 Å². The Balaban J connectivity index is 1.92. The lowest BCUT2D eigenvalue weighted by atomic mass is 10.0. The van der Waals surface area contributed by atoms with Gasteiger partial charge in [-0.15, -0.1) is 23.2 Å². The van der Waals surface area contributed by atoms with E-state index in [0.29, 0.717) is 37.9 Å². The van der Waals surface area contributed by atoms with E-state index < -0.39 is 50.6 Å². The quantitative estimate of drug-likeness (QED) is 0.0722. The first kappa shape index (κ1) is 38.6. The second-order valence-electron chi connectivity index (χ2n) is 10.5. The van der Waals surface area contributed by atoms with Crippen molar-refractivity contribution < 1.29 is 48.2 Å². The van der Waals surface area contributed by atoms with Crippen LogP contribution in [-0.4, -0.2) is 132 Å². The lowest BCUT2D eigenvalue weighted by Crippen LogP contribution is -2.57. The average molecular weight is 704 g/mol. The number of alkyl halides is 2. The highest BCUT2D eigenvalue weighted by atomic mass is 35.5. The van der Waals surface area contributed by atoms with Crippen LogP contribution in [0.25, 0.3) is 0 Å². The summed E-state index contributed by atoms with van der Waals surface area (Å²) in [5.74, 6) is -0.322. The van der Waals surface area contributed by atoms with Crippen LogP contribution < -0.4 is 10.6 Å². The van der Waals surface area contributed by atoms with Crippen molar-refractivity contribution in [2.75, 3.05) is 62.5 Å². The molecule has 0 unspecified atom stereocenters. The summed E-state index contributed by atoms with van der Waals surface area (Å²) in [4.78, 5) is 81.2. The zero-order chi connectivity index (χ0) is 33.3. The maximum atomic E-state index is 13.1. The van der Waals surface area contributed by atoms with Crippen molar-refractivity contribution in [1.82, 2.24) is 14.7 Å². The molecule has 0 saturated carbocycles. The first-order chi connectivity index (χ1) is 20.5. The predicted molar refractivity (Wildman–Crippen MR) is 165 cm³/mol. The largest absolute Gasteiger partial charge is 0.369 e. The van der Waals surface area contributed by atoms with E-state index in [2.05, 4.69) is 0 Å². The minimum atomic E-state index is -5.53. The Bertz CT molecular complexity index is 1180. The first-order valence-corrected chi connectivity index (χ1v) is 18.1. The molecule has 2 rings (SSSR count). The van der Waals surface area contributed by atoms with Crippen molar-refractivity contribution >= 4 is 62.3 Å². The first-order valence-electron chi connectivity index (χ1n) is 13.8. The van der Waals surface area contributed by atoms with Crippen LogP contribution in [0.2, 0.25) is 0 Å². The Morgan fingerprint density at radius 2 is 1.55 bits per heavy atom. The zero-order valence-electron chi connectivity index (χ0n) is 24.3. The van der Waals surface area contributed by atoms with Gasteiger partial charge in [0, 0.05) is 63.1 Å². The van der Waals surface area contributed by atoms with Crippen molar-refractivity contribution in [2.45, 2.75) is 43.4 Å². The van der Waals surface area contributed by atoms with Crippen LogP contribution in [-0.2, 0) is 29.9 Å². The van der Waals surface area contributed by atoms with E-state index in [1.165, 1.54) is 11.8 Å². The minimum absolute atomic E-state index is 0.132. The Labute approximate surface area is 266 Å². The minimum Gasteiger partial charge on any atom is -0.369 e. The number of rotatable bonds is 17. The lowest BCUT2D eigenvalue weighted by molar-refractivity contribution is -0.151. The third kappa shape index (κ3) is 9.94. The summed E-state index contributed by atoms with van der Waals surface area (Å²) >= 11 is 11.7. The van der Waals surface area contributed by atoms with Crippen LogP contribution in [0.1, 0.15) is 25.3 Å². The van der Waals surface area contributed by atoms with E-state index >= 15 is 0 Å². The molecule has 15 nitrogen and oxygen atoms in total. The number of nitrogens with zero attached hydrogens (tertiary/aromatic N) is 4. The summed E-state index contributed by atoms with van der Waals surface area (Å²) in [6.45, 7) is 3.82. The topological polar surface area (TPSA) is 225 Å². The van der Waals surface area contributed by atoms with Gasteiger partial charge in [-0.1, -0.05) is 12.1 Å².